The standard InChI is InChI=1S/C11H13N5/c1-6-5-13-9-7(14-6)3-4-8-10(9)15-11(12)16(8)2/h3-5,11,15H,12H2,1-2H3. The normalized spacial score (nSPS) is 18.7. The number of fused-ring (bicyclic) bond motifs is 3. The van der Waals surface area contributed by atoms with Crippen molar-refractivity contribution >= 4 is 22.4 Å². The molecule has 1 aromatic carbocycles. The molecular weight excluding hydrogens is 202 g/mol. The van der Waals surface area contributed by atoms with Crippen LogP contribution in [0.1, 0.15) is 5.69 Å². The second kappa shape index (κ2) is 3.05. The summed E-state index contributed by atoms with van der Waals surface area (Å²) in [4.78, 5) is 10.8. The van der Waals surface area contributed by atoms with E-state index in [1.54, 1.807) is 6.20 Å². The van der Waals surface area contributed by atoms with Crippen molar-refractivity contribution in [2.75, 3.05) is 17.3 Å². The highest BCUT2D eigenvalue weighted by molar-refractivity contribution is 5.97. The fourth-order valence-electron chi connectivity index (χ4n) is 2.00. The molecule has 2 aromatic rings. The Morgan fingerprint density at radius 2 is 2.25 bits per heavy atom. The highest BCUT2D eigenvalue weighted by atomic mass is 15.4. The highest BCUT2D eigenvalue weighted by Crippen LogP contribution is 2.36. The molecule has 82 valence electrons. The van der Waals surface area contributed by atoms with E-state index in [0.717, 1.165) is 28.1 Å². The van der Waals surface area contributed by atoms with Crippen LogP contribution in [0.15, 0.2) is 18.3 Å². The molecule has 3 rings (SSSR count). The van der Waals surface area contributed by atoms with E-state index in [2.05, 4.69) is 15.3 Å². The van der Waals surface area contributed by atoms with Crippen LogP contribution in [0.4, 0.5) is 11.4 Å². The number of nitrogens with zero attached hydrogens (tertiary/aromatic N) is 3. The van der Waals surface area contributed by atoms with Gasteiger partial charge in [0.1, 0.15) is 5.52 Å². The van der Waals surface area contributed by atoms with Crippen LogP contribution >= 0.6 is 0 Å². The van der Waals surface area contributed by atoms with Gasteiger partial charge in [-0.2, -0.15) is 0 Å². The van der Waals surface area contributed by atoms with Crippen molar-refractivity contribution in [3.8, 4) is 0 Å². The maximum atomic E-state index is 5.92. The molecule has 1 aliphatic rings. The van der Waals surface area contributed by atoms with Crippen LogP contribution in [0.5, 0.6) is 0 Å². The molecule has 0 saturated carbocycles. The smallest absolute Gasteiger partial charge is 0.152 e. The zero-order valence-electron chi connectivity index (χ0n) is 9.23. The maximum absolute atomic E-state index is 5.92. The van der Waals surface area contributed by atoms with Gasteiger partial charge in [0.25, 0.3) is 0 Å². The van der Waals surface area contributed by atoms with E-state index in [4.69, 9.17) is 5.73 Å². The number of rotatable bonds is 0. The number of benzene rings is 1. The van der Waals surface area contributed by atoms with Gasteiger partial charge < -0.3 is 10.2 Å². The fourth-order valence-corrected chi connectivity index (χ4v) is 2.00. The Morgan fingerprint density at radius 1 is 1.44 bits per heavy atom. The highest BCUT2D eigenvalue weighted by Gasteiger charge is 2.24. The minimum atomic E-state index is -0.191. The van der Waals surface area contributed by atoms with Crippen LogP contribution in [-0.2, 0) is 0 Å². The summed E-state index contributed by atoms with van der Waals surface area (Å²) < 4.78 is 0. The summed E-state index contributed by atoms with van der Waals surface area (Å²) in [5.74, 6) is 0. The van der Waals surface area contributed by atoms with Crippen LogP contribution < -0.4 is 16.0 Å². The lowest BCUT2D eigenvalue weighted by atomic mass is 10.2. The molecule has 16 heavy (non-hydrogen) atoms. The van der Waals surface area contributed by atoms with Gasteiger partial charge in [-0.3, -0.25) is 10.7 Å². The summed E-state index contributed by atoms with van der Waals surface area (Å²) in [6, 6.07) is 4.00. The topological polar surface area (TPSA) is 67.1 Å². The Labute approximate surface area is 93.3 Å². The number of aromatic nitrogens is 2. The number of anilines is 2. The first-order chi connectivity index (χ1) is 7.66. The van der Waals surface area contributed by atoms with Crippen molar-refractivity contribution in [3.05, 3.63) is 24.0 Å². The third-order valence-corrected chi connectivity index (χ3v) is 2.90. The lowest BCUT2D eigenvalue weighted by Gasteiger charge is -2.16. The molecule has 0 aliphatic carbocycles. The second-order valence-corrected chi connectivity index (χ2v) is 4.04. The number of hydrogen-bond acceptors (Lipinski definition) is 5. The summed E-state index contributed by atoms with van der Waals surface area (Å²) >= 11 is 0. The molecule has 0 saturated heterocycles. The van der Waals surface area contributed by atoms with Gasteiger partial charge in [0.05, 0.1) is 22.6 Å². The first-order valence-corrected chi connectivity index (χ1v) is 5.18. The first-order valence-electron chi connectivity index (χ1n) is 5.18. The number of hydrogen-bond donors (Lipinski definition) is 2. The van der Waals surface area contributed by atoms with E-state index in [9.17, 15) is 0 Å². The summed E-state index contributed by atoms with van der Waals surface area (Å²) in [5, 5.41) is 3.21. The van der Waals surface area contributed by atoms with Crippen molar-refractivity contribution in [3.63, 3.8) is 0 Å². The van der Waals surface area contributed by atoms with Gasteiger partial charge in [-0.1, -0.05) is 0 Å². The maximum Gasteiger partial charge on any atom is 0.152 e. The third kappa shape index (κ3) is 1.15. The van der Waals surface area contributed by atoms with Crippen LogP contribution in [0, 0.1) is 6.92 Å². The Bertz CT molecular complexity index is 566. The van der Waals surface area contributed by atoms with Gasteiger partial charge in [-0.05, 0) is 19.1 Å². The Hall–Kier alpha value is -1.88. The first kappa shape index (κ1) is 9.35. The van der Waals surface area contributed by atoms with E-state index in [0.29, 0.717) is 0 Å². The molecule has 2 heterocycles. The zero-order valence-corrected chi connectivity index (χ0v) is 9.23. The Kier molecular flexibility index (Phi) is 1.79. The van der Waals surface area contributed by atoms with E-state index in [1.807, 2.05) is 31.0 Å². The van der Waals surface area contributed by atoms with Crippen molar-refractivity contribution in [1.29, 1.82) is 0 Å². The Balaban J connectivity index is 2.31. The largest absolute Gasteiger partial charge is 0.350 e. The molecule has 1 aromatic heterocycles. The third-order valence-electron chi connectivity index (χ3n) is 2.90. The summed E-state index contributed by atoms with van der Waals surface area (Å²) in [5.41, 5.74) is 10.7. The van der Waals surface area contributed by atoms with Crippen LogP contribution in [-0.4, -0.2) is 23.3 Å². The molecular formula is C11H13N5. The molecule has 0 fully saturated rings. The van der Waals surface area contributed by atoms with Crippen molar-refractivity contribution in [2.45, 2.75) is 13.2 Å². The summed E-state index contributed by atoms with van der Waals surface area (Å²) in [6.07, 6.45) is 1.58. The van der Waals surface area contributed by atoms with E-state index in [1.165, 1.54) is 0 Å². The van der Waals surface area contributed by atoms with E-state index in [-0.39, 0.29) is 6.29 Å². The van der Waals surface area contributed by atoms with Crippen LogP contribution in [0.2, 0.25) is 0 Å². The molecule has 5 nitrogen and oxygen atoms in total. The fraction of sp³-hybridized carbons (Fsp3) is 0.273. The number of nitrogens with two attached hydrogens (primary N) is 1. The lowest BCUT2D eigenvalue weighted by Crippen LogP contribution is -2.40. The van der Waals surface area contributed by atoms with Gasteiger partial charge in [-0.15, -0.1) is 0 Å². The van der Waals surface area contributed by atoms with Crippen LogP contribution in [0.3, 0.4) is 0 Å². The van der Waals surface area contributed by atoms with Crippen molar-refractivity contribution in [1.82, 2.24) is 9.97 Å². The average molecular weight is 215 g/mol. The Morgan fingerprint density at radius 3 is 3.06 bits per heavy atom. The van der Waals surface area contributed by atoms with Gasteiger partial charge in [-0.25, -0.2) is 4.98 Å². The molecule has 0 spiro atoms. The molecule has 1 atom stereocenters. The molecule has 5 heteroatoms. The van der Waals surface area contributed by atoms with Gasteiger partial charge in [0.15, 0.2) is 6.29 Å². The molecule has 1 unspecified atom stereocenters. The minimum absolute atomic E-state index is 0.191. The number of nitrogens with one attached hydrogen (secondary N) is 1. The van der Waals surface area contributed by atoms with Crippen molar-refractivity contribution < 1.29 is 0 Å². The monoisotopic (exact) mass is 215 g/mol. The minimum Gasteiger partial charge on any atom is -0.350 e. The zero-order chi connectivity index (χ0) is 11.3. The van der Waals surface area contributed by atoms with Crippen molar-refractivity contribution in [2.24, 2.45) is 5.73 Å². The molecule has 0 bridgehead atoms. The van der Waals surface area contributed by atoms with Gasteiger partial charge in [0, 0.05) is 13.2 Å². The van der Waals surface area contributed by atoms with Gasteiger partial charge >= 0.3 is 0 Å². The molecule has 3 N–H and O–H groups in total. The molecule has 0 radical (unpaired) electrons. The predicted molar refractivity (Wildman–Crippen MR) is 64.3 cm³/mol. The predicted octanol–water partition coefficient (Wildman–Crippen LogP) is 1.04. The quantitative estimate of drug-likeness (QED) is 0.687. The number of aryl methyl sites for hydroxylation is 1. The molecule has 1 aliphatic heterocycles. The van der Waals surface area contributed by atoms with E-state index < -0.39 is 0 Å². The average Bonchev–Trinajstić information content (AvgIpc) is 2.55. The summed E-state index contributed by atoms with van der Waals surface area (Å²) in [7, 11) is 1.96. The van der Waals surface area contributed by atoms with Crippen LogP contribution in [0.25, 0.3) is 11.0 Å². The SMILES string of the molecule is Cc1cnc2c3c(ccc2n1)N(C)C(N)N3. The van der Waals surface area contributed by atoms with Gasteiger partial charge in [0.2, 0.25) is 0 Å². The van der Waals surface area contributed by atoms with E-state index >= 15 is 0 Å². The lowest BCUT2D eigenvalue weighted by molar-refractivity contribution is 0.769. The summed E-state index contributed by atoms with van der Waals surface area (Å²) in [6.45, 7) is 1.94. The second-order valence-electron chi connectivity index (χ2n) is 4.04. The molecule has 0 amide bonds.